The molecule has 0 spiro atoms. The van der Waals surface area contributed by atoms with Gasteiger partial charge in [0.25, 0.3) is 0 Å². The second-order valence-corrected chi connectivity index (χ2v) is 5.50. The van der Waals surface area contributed by atoms with Crippen LogP contribution in [-0.4, -0.2) is 4.98 Å². The van der Waals surface area contributed by atoms with Crippen LogP contribution in [0.25, 0.3) is 0 Å². The molecule has 1 heterocycles. The van der Waals surface area contributed by atoms with Gasteiger partial charge >= 0.3 is 0 Å². The molecule has 0 saturated heterocycles. The van der Waals surface area contributed by atoms with Gasteiger partial charge in [0.2, 0.25) is 5.88 Å². The Morgan fingerprint density at radius 1 is 1.26 bits per heavy atom. The Morgan fingerprint density at radius 2 is 2.00 bits per heavy atom. The van der Waals surface area contributed by atoms with Crippen LogP contribution >= 0.6 is 27.5 Å². The molecule has 100 valence electrons. The van der Waals surface area contributed by atoms with Gasteiger partial charge in [-0.25, -0.2) is 4.98 Å². The number of ether oxygens (including phenoxy) is 1. The van der Waals surface area contributed by atoms with Crippen LogP contribution < -0.4 is 4.74 Å². The van der Waals surface area contributed by atoms with Crippen molar-refractivity contribution in [2.24, 2.45) is 0 Å². The average Bonchev–Trinajstić information content (AvgIpc) is 2.37. The predicted molar refractivity (Wildman–Crippen MR) is 81.7 cm³/mol. The maximum absolute atomic E-state index is 5.97. The van der Waals surface area contributed by atoms with Crippen LogP contribution in [0, 0.1) is 13.8 Å². The molecule has 4 heteroatoms. The molecule has 0 saturated carbocycles. The van der Waals surface area contributed by atoms with Crippen LogP contribution in [0.5, 0.6) is 5.88 Å². The lowest BCUT2D eigenvalue weighted by Crippen LogP contribution is -2.03. The number of benzene rings is 1. The highest BCUT2D eigenvalue weighted by atomic mass is 79.9. The van der Waals surface area contributed by atoms with Crippen LogP contribution in [0.15, 0.2) is 34.8 Å². The van der Waals surface area contributed by atoms with Gasteiger partial charge < -0.3 is 4.74 Å². The van der Waals surface area contributed by atoms with E-state index in [0.717, 1.165) is 26.9 Å². The van der Waals surface area contributed by atoms with Gasteiger partial charge in [0, 0.05) is 21.3 Å². The van der Waals surface area contributed by atoms with E-state index in [2.05, 4.69) is 20.9 Å². The zero-order chi connectivity index (χ0) is 13.8. The molecular weight excluding hydrogens is 326 g/mol. The zero-order valence-corrected chi connectivity index (χ0v) is 13.3. The van der Waals surface area contributed by atoms with Crippen molar-refractivity contribution in [1.82, 2.24) is 4.98 Å². The summed E-state index contributed by atoms with van der Waals surface area (Å²) in [6, 6.07) is 10.00. The second kappa shape index (κ2) is 6.40. The lowest BCUT2D eigenvalue weighted by atomic mass is 10.1. The van der Waals surface area contributed by atoms with Gasteiger partial charge in [-0.05, 0) is 31.5 Å². The Morgan fingerprint density at radius 3 is 2.68 bits per heavy atom. The van der Waals surface area contributed by atoms with Gasteiger partial charge in [0.15, 0.2) is 0 Å². The molecule has 0 N–H and O–H groups in total. The SMILES string of the molecule is Cc1cc(C)c(CCl)c(OCc2ccccc2Br)n1. The molecule has 1 aromatic heterocycles. The zero-order valence-electron chi connectivity index (χ0n) is 10.9. The first-order valence-electron chi connectivity index (χ1n) is 6.01. The molecule has 1 aromatic carbocycles. The van der Waals surface area contributed by atoms with Gasteiger partial charge in [-0.1, -0.05) is 34.1 Å². The van der Waals surface area contributed by atoms with Crippen molar-refractivity contribution in [3.8, 4) is 5.88 Å². The quantitative estimate of drug-likeness (QED) is 0.747. The Hall–Kier alpha value is -1.06. The molecular formula is C15H15BrClNO. The number of aromatic nitrogens is 1. The van der Waals surface area contributed by atoms with Crippen LogP contribution in [0.4, 0.5) is 0 Å². The first-order valence-corrected chi connectivity index (χ1v) is 7.34. The third kappa shape index (κ3) is 3.48. The van der Waals surface area contributed by atoms with Crippen molar-refractivity contribution in [3.63, 3.8) is 0 Å². The van der Waals surface area contributed by atoms with E-state index in [1.54, 1.807) is 0 Å². The summed E-state index contributed by atoms with van der Waals surface area (Å²) in [5.41, 5.74) is 4.10. The highest BCUT2D eigenvalue weighted by molar-refractivity contribution is 9.10. The van der Waals surface area contributed by atoms with E-state index in [4.69, 9.17) is 16.3 Å². The van der Waals surface area contributed by atoms with Gasteiger partial charge in [-0.3, -0.25) is 0 Å². The molecule has 0 aliphatic rings. The molecule has 0 unspecified atom stereocenters. The Labute approximate surface area is 126 Å². The summed E-state index contributed by atoms with van der Waals surface area (Å²) in [6.45, 7) is 4.45. The number of alkyl halides is 1. The minimum absolute atomic E-state index is 0.407. The monoisotopic (exact) mass is 339 g/mol. The molecule has 0 aliphatic carbocycles. The average molecular weight is 341 g/mol. The van der Waals surface area contributed by atoms with Crippen molar-refractivity contribution < 1.29 is 4.74 Å². The second-order valence-electron chi connectivity index (χ2n) is 4.38. The summed E-state index contributed by atoms with van der Waals surface area (Å²) in [7, 11) is 0. The molecule has 19 heavy (non-hydrogen) atoms. The summed E-state index contributed by atoms with van der Waals surface area (Å²) >= 11 is 9.48. The molecule has 0 radical (unpaired) electrons. The molecule has 0 bridgehead atoms. The topological polar surface area (TPSA) is 22.1 Å². The summed E-state index contributed by atoms with van der Waals surface area (Å²) in [6.07, 6.45) is 0. The molecule has 0 amide bonds. The highest BCUT2D eigenvalue weighted by Crippen LogP contribution is 2.25. The van der Waals surface area contributed by atoms with Crippen LogP contribution in [0.2, 0.25) is 0 Å². The highest BCUT2D eigenvalue weighted by Gasteiger charge is 2.10. The molecule has 2 nitrogen and oxygen atoms in total. The van der Waals surface area contributed by atoms with Gasteiger partial charge in [0.1, 0.15) is 6.61 Å². The fourth-order valence-electron chi connectivity index (χ4n) is 1.87. The van der Waals surface area contributed by atoms with Crippen molar-refractivity contribution in [3.05, 3.63) is 57.2 Å². The van der Waals surface area contributed by atoms with Gasteiger partial charge in [-0.2, -0.15) is 0 Å². The lowest BCUT2D eigenvalue weighted by Gasteiger charge is -2.13. The third-order valence-electron chi connectivity index (χ3n) is 2.89. The number of halogens is 2. The van der Waals surface area contributed by atoms with Crippen LogP contribution in [-0.2, 0) is 12.5 Å². The van der Waals surface area contributed by atoms with Crippen LogP contribution in [0.3, 0.4) is 0 Å². The Kier molecular flexibility index (Phi) is 4.83. The van der Waals surface area contributed by atoms with E-state index < -0.39 is 0 Å². The summed E-state index contributed by atoms with van der Waals surface area (Å²) in [5, 5.41) is 0. The van der Waals surface area contributed by atoms with E-state index >= 15 is 0 Å². The number of aryl methyl sites for hydroxylation is 2. The van der Waals surface area contributed by atoms with E-state index in [0.29, 0.717) is 18.4 Å². The van der Waals surface area contributed by atoms with Crippen molar-refractivity contribution >= 4 is 27.5 Å². The number of nitrogens with zero attached hydrogens (tertiary/aromatic N) is 1. The van der Waals surface area contributed by atoms with E-state index in [1.165, 1.54) is 0 Å². The number of rotatable bonds is 4. The Balaban J connectivity index is 2.22. The number of hydrogen-bond acceptors (Lipinski definition) is 2. The minimum atomic E-state index is 0.407. The number of hydrogen-bond donors (Lipinski definition) is 0. The maximum Gasteiger partial charge on any atom is 0.218 e. The molecule has 2 aromatic rings. The van der Waals surface area contributed by atoms with Crippen molar-refractivity contribution in [2.75, 3.05) is 0 Å². The molecule has 0 fully saturated rings. The molecule has 0 aliphatic heterocycles. The predicted octanol–water partition coefficient (Wildman–Crippen LogP) is 4.78. The summed E-state index contributed by atoms with van der Waals surface area (Å²) in [4.78, 5) is 4.43. The van der Waals surface area contributed by atoms with E-state index in [9.17, 15) is 0 Å². The molecule has 0 atom stereocenters. The van der Waals surface area contributed by atoms with Crippen molar-refractivity contribution in [2.45, 2.75) is 26.3 Å². The minimum Gasteiger partial charge on any atom is -0.473 e. The largest absolute Gasteiger partial charge is 0.473 e. The summed E-state index contributed by atoms with van der Waals surface area (Å²) < 4.78 is 6.87. The Bertz CT molecular complexity index is 586. The van der Waals surface area contributed by atoms with E-state index in [-0.39, 0.29) is 0 Å². The standard InChI is InChI=1S/C15H15BrClNO/c1-10-7-11(2)18-15(13(10)8-17)19-9-12-5-3-4-6-14(12)16/h3-7H,8-9H2,1-2H3. The maximum atomic E-state index is 5.97. The smallest absolute Gasteiger partial charge is 0.218 e. The van der Waals surface area contributed by atoms with Crippen LogP contribution in [0.1, 0.15) is 22.4 Å². The first kappa shape index (κ1) is 14.4. The summed E-state index contributed by atoms with van der Waals surface area (Å²) in [5.74, 6) is 1.04. The first-order chi connectivity index (χ1) is 9.11. The fraction of sp³-hybridized carbons (Fsp3) is 0.267. The van der Waals surface area contributed by atoms with Crippen molar-refractivity contribution in [1.29, 1.82) is 0 Å². The van der Waals surface area contributed by atoms with Gasteiger partial charge in [-0.15, -0.1) is 11.6 Å². The van der Waals surface area contributed by atoms with Gasteiger partial charge in [0.05, 0.1) is 5.88 Å². The number of pyridine rings is 1. The fourth-order valence-corrected chi connectivity index (χ4v) is 2.60. The third-order valence-corrected chi connectivity index (χ3v) is 3.93. The lowest BCUT2D eigenvalue weighted by molar-refractivity contribution is 0.290. The van der Waals surface area contributed by atoms with E-state index in [1.807, 2.05) is 44.2 Å². The molecule has 2 rings (SSSR count). The normalized spacial score (nSPS) is 10.5.